The SMILES string of the molecule is COc1nc(C2CCC3(CCOCC3)CC2)ccc1N. The molecule has 1 saturated carbocycles. The number of nitrogen functional groups attached to an aromatic ring is 1. The third-order valence-corrected chi connectivity index (χ3v) is 5.12. The zero-order chi connectivity index (χ0) is 14.0. The van der Waals surface area contributed by atoms with Crippen molar-refractivity contribution >= 4 is 5.69 Å². The fraction of sp³-hybridized carbons (Fsp3) is 0.688. The molecular weight excluding hydrogens is 252 g/mol. The molecule has 2 N–H and O–H groups in total. The number of pyridine rings is 1. The van der Waals surface area contributed by atoms with E-state index >= 15 is 0 Å². The van der Waals surface area contributed by atoms with Crippen LogP contribution in [-0.4, -0.2) is 25.3 Å². The molecule has 2 aliphatic rings. The number of hydrogen-bond donors (Lipinski definition) is 1. The molecule has 0 unspecified atom stereocenters. The molecule has 2 fully saturated rings. The summed E-state index contributed by atoms with van der Waals surface area (Å²) in [6, 6.07) is 3.98. The van der Waals surface area contributed by atoms with Crippen molar-refractivity contribution in [2.24, 2.45) is 5.41 Å². The van der Waals surface area contributed by atoms with E-state index in [1.807, 2.05) is 6.07 Å². The van der Waals surface area contributed by atoms with Crippen LogP contribution in [0.1, 0.15) is 50.1 Å². The lowest BCUT2D eigenvalue weighted by Crippen LogP contribution is -2.33. The zero-order valence-electron chi connectivity index (χ0n) is 12.2. The second-order valence-electron chi connectivity index (χ2n) is 6.22. The van der Waals surface area contributed by atoms with Crippen molar-refractivity contribution in [2.45, 2.75) is 44.4 Å². The zero-order valence-corrected chi connectivity index (χ0v) is 12.2. The van der Waals surface area contributed by atoms with Crippen molar-refractivity contribution in [3.8, 4) is 5.88 Å². The van der Waals surface area contributed by atoms with Gasteiger partial charge in [-0.25, -0.2) is 4.98 Å². The molecule has 0 amide bonds. The van der Waals surface area contributed by atoms with Crippen LogP contribution in [0, 0.1) is 5.41 Å². The Balaban J connectivity index is 1.68. The standard InChI is InChI=1S/C16H24N2O2/c1-19-15-13(17)2-3-14(18-15)12-4-6-16(7-5-12)8-10-20-11-9-16/h2-3,12H,4-11,17H2,1H3. The number of nitrogens with two attached hydrogens (primary N) is 1. The summed E-state index contributed by atoms with van der Waals surface area (Å²) >= 11 is 0. The van der Waals surface area contributed by atoms with Gasteiger partial charge in [0.2, 0.25) is 5.88 Å². The lowest BCUT2D eigenvalue weighted by atomic mass is 9.66. The predicted molar refractivity (Wildman–Crippen MR) is 78.9 cm³/mol. The number of nitrogens with zero attached hydrogens (tertiary/aromatic N) is 1. The quantitative estimate of drug-likeness (QED) is 0.901. The molecule has 4 nitrogen and oxygen atoms in total. The molecule has 1 aromatic heterocycles. The lowest BCUT2D eigenvalue weighted by Gasteiger charge is -2.42. The fourth-order valence-corrected chi connectivity index (χ4v) is 3.69. The largest absolute Gasteiger partial charge is 0.480 e. The monoisotopic (exact) mass is 276 g/mol. The minimum atomic E-state index is 0.548. The highest BCUT2D eigenvalue weighted by atomic mass is 16.5. The topological polar surface area (TPSA) is 57.4 Å². The first-order valence-corrected chi connectivity index (χ1v) is 7.61. The summed E-state index contributed by atoms with van der Waals surface area (Å²) in [6.07, 6.45) is 7.52. The second-order valence-corrected chi connectivity index (χ2v) is 6.22. The Bertz CT molecular complexity index is 460. The summed E-state index contributed by atoms with van der Waals surface area (Å²) in [6.45, 7) is 1.89. The van der Waals surface area contributed by atoms with Gasteiger partial charge in [-0.3, -0.25) is 0 Å². The van der Waals surface area contributed by atoms with Gasteiger partial charge in [-0.1, -0.05) is 0 Å². The maximum absolute atomic E-state index is 5.84. The average Bonchev–Trinajstić information content (AvgIpc) is 2.50. The highest BCUT2D eigenvalue weighted by Gasteiger charge is 2.37. The summed E-state index contributed by atoms with van der Waals surface area (Å²) in [5, 5.41) is 0. The first kappa shape index (κ1) is 13.7. The van der Waals surface area contributed by atoms with Crippen LogP contribution in [0.15, 0.2) is 12.1 Å². The number of anilines is 1. The molecule has 1 aromatic rings. The van der Waals surface area contributed by atoms with Crippen LogP contribution in [0.4, 0.5) is 5.69 Å². The number of ether oxygens (including phenoxy) is 2. The Labute approximate surface area is 120 Å². The fourth-order valence-electron chi connectivity index (χ4n) is 3.69. The van der Waals surface area contributed by atoms with E-state index in [2.05, 4.69) is 11.1 Å². The third kappa shape index (κ3) is 2.62. The second kappa shape index (κ2) is 5.60. The Morgan fingerprint density at radius 2 is 1.90 bits per heavy atom. The van der Waals surface area contributed by atoms with Crippen LogP contribution in [0.25, 0.3) is 0 Å². The van der Waals surface area contributed by atoms with Crippen LogP contribution in [0.5, 0.6) is 5.88 Å². The van der Waals surface area contributed by atoms with Gasteiger partial charge in [-0.2, -0.15) is 0 Å². The van der Waals surface area contributed by atoms with E-state index in [9.17, 15) is 0 Å². The molecule has 0 bridgehead atoms. The van der Waals surface area contributed by atoms with Crippen LogP contribution >= 0.6 is 0 Å². The van der Waals surface area contributed by atoms with Crippen molar-refractivity contribution in [1.82, 2.24) is 4.98 Å². The van der Waals surface area contributed by atoms with E-state index in [0.717, 1.165) is 18.9 Å². The summed E-state index contributed by atoms with van der Waals surface area (Å²) in [4.78, 5) is 4.58. The van der Waals surface area contributed by atoms with E-state index in [1.165, 1.54) is 38.5 Å². The van der Waals surface area contributed by atoms with Gasteiger partial charge in [0, 0.05) is 24.8 Å². The van der Waals surface area contributed by atoms with Crippen LogP contribution < -0.4 is 10.5 Å². The molecule has 1 aliphatic heterocycles. The smallest absolute Gasteiger partial charge is 0.237 e. The summed E-state index contributed by atoms with van der Waals surface area (Å²) in [7, 11) is 1.63. The summed E-state index contributed by atoms with van der Waals surface area (Å²) in [5.41, 5.74) is 8.14. The van der Waals surface area contributed by atoms with Crippen molar-refractivity contribution in [3.05, 3.63) is 17.8 Å². The molecule has 4 heteroatoms. The minimum Gasteiger partial charge on any atom is -0.480 e. The molecule has 1 saturated heterocycles. The molecule has 110 valence electrons. The van der Waals surface area contributed by atoms with E-state index in [1.54, 1.807) is 7.11 Å². The molecule has 0 radical (unpaired) electrons. The van der Waals surface area contributed by atoms with E-state index < -0.39 is 0 Å². The number of aromatic nitrogens is 1. The number of methoxy groups -OCH3 is 1. The minimum absolute atomic E-state index is 0.548. The molecule has 0 aromatic carbocycles. The highest BCUT2D eigenvalue weighted by molar-refractivity contribution is 5.48. The Hall–Kier alpha value is -1.29. The summed E-state index contributed by atoms with van der Waals surface area (Å²) < 4.78 is 10.7. The highest BCUT2D eigenvalue weighted by Crippen LogP contribution is 2.48. The van der Waals surface area contributed by atoms with E-state index in [-0.39, 0.29) is 0 Å². The van der Waals surface area contributed by atoms with Gasteiger partial charge in [-0.05, 0) is 56.1 Å². The molecular formula is C16H24N2O2. The third-order valence-electron chi connectivity index (χ3n) is 5.12. The van der Waals surface area contributed by atoms with Gasteiger partial charge in [0.15, 0.2) is 0 Å². The van der Waals surface area contributed by atoms with Gasteiger partial charge >= 0.3 is 0 Å². The van der Waals surface area contributed by atoms with Gasteiger partial charge in [0.25, 0.3) is 0 Å². The van der Waals surface area contributed by atoms with Gasteiger partial charge in [0.1, 0.15) is 0 Å². The maximum Gasteiger partial charge on any atom is 0.237 e. The van der Waals surface area contributed by atoms with Crippen LogP contribution in [0.3, 0.4) is 0 Å². The Kier molecular flexibility index (Phi) is 3.83. The number of rotatable bonds is 2. The first-order chi connectivity index (χ1) is 9.72. The van der Waals surface area contributed by atoms with E-state index in [4.69, 9.17) is 15.2 Å². The van der Waals surface area contributed by atoms with Crippen molar-refractivity contribution in [1.29, 1.82) is 0 Å². The van der Waals surface area contributed by atoms with E-state index in [0.29, 0.717) is 22.9 Å². The van der Waals surface area contributed by atoms with Crippen molar-refractivity contribution in [2.75, 3.05) is 26.1 Å². The molecule has 2 heterocycles. The van der Waals surface area contributed by atoms with Crippen molar-refractivity contribution < 1.29 is 9.47 Å². The van der Waals surface area contributed by atoms with Crippen LogP contribution in [0.2, 0.25) is 0 Å². The maximum atomic E-state index is 5.84. The molecule has 3 rings (SSSR count). The normalized spacial score (nSPS) is 22.9. The Morgan fingerprint density at radius 3 is 2.55 bits per heavy atom. The lowest BCUT2D eigenvalue weighted by molar-refractivity contribution is -0.00783. The van der Waals surface area contributed by atoms with Gasteiger partial charge in [-0.15, -0.1) is 0 Å². The Morgan fingerprint density at radius 1 is 1.20 bits per heavy atom. The van der Waals surface area contributed by atoms with Crippen molar-refractivity contribution in [3.63, 3.8) is 0 Å². The van der Waals surface area contributed by atoms with Gasteiger partial charge < -0.3 is 15.2 Å². The predicted octanol–water partition coefficient (Wildman–Crippen LogP) is 3.13. The van der Waals surface area contributed by atoms with Crippen LogP contribution in [-0.2, 0) is 4.74 Å². The molecule has 1 spiro atoms. The van der Waals surface area contributed by atoms with Gasteiger partial charge in [0.05, 0.1) is 12.8 Å². The summed E-state index contributed by atoms with van der Waals surface area (Å²) in [5.74, 6) is 1.12. The molecule has 20 heavy (non-hydrogen) atoms. The average molecular weight is 276 g/mol. The first-order valence-electron chi connectivity index (χ1n) is 7.61. The number of hydrogen-bond acceptors (Lipinski definition) is 4. The molecule has 0 atom stereocenters. The molecule has 1 aliphatic carbocycles.